The normalized spacial score (nSPS) is 11.8. The quantitative estimate of drug-likeness (QED) is 0.0679. The number of benzene rings is 8. The first-order valence-electron chi connectivity index (χ1n) is 27.6. The van der Waals surface area contributed by atoms with Gasteiger partial charge in [0.25, 0.3) is 0 Å². The highest BCUT2D eigenvalue weighted by molar-refractivity contribution is 5.82. The van der Waals surface area contributed by atoms with E-state index >= 15 is 0 Å². The number of H-pyrrole nitrogens is 2. The van der Waals surface area contributed by atoms with Gasteiger partial charge < -0.3 is 9.47 Å². The lowest BCUT2D eigenvalue weighted by Crippen LogP contribution is -2.44. The van der Waals surface area contributed by atoms with Crippen LogP contribution in [0.1, 0.15) is 61.1 Å². The lowest BCUT2D eigenvalue weighted by molar-refractivity contribution is -0.150. The number of rotatable bonds is 20. The summed E-state index contributed by atoms with van der Waals surface area (Å²) in [5.41, 5.74) is 15.2. The molecule has 16 heteroatoms. The van der Waals surface area contributed by atoms with E-state index in [-0.39, 0.29) is 23.8 Å². The van der Waals surface area contributed by atoms with E-state index in [1.54, 1.807) is 0 Å². The van der Waals surface area contributed by atoms with Crippen molar-refractivity contribution in [3.05, 3.63) is 228 Å². The Bertz CT molecular complexity index is 3630. The van der Waals surface area contributed by atoms with Crippen LogP contribution in [0, 0.1) is 34.5 Å². The molecule has 0 unspecified atom stereocenters. The van der Waals surface area contributed by atoms with Gasteiger partial charge in [0.2, 0.25) is 11.6 Å². The van der Waals surface area contributed by atoms with Gasteiger partial charge in [0.05, 0.1) is 37.5 Å². The molecule has 2 heterocycles. The van der Waals surface area contributed by atoms with Crippen LogP contribution in [0.15, 0.2) is 194 Å². The van der Waals surface area contributed by atoms with Crippen LogP contribution < -0.4 is 0 Å². The Labute approximate surface area is 489 Å². The van der Waals surface area contributed by atoms with E-state index < -0.39 is 12.1 Å². The van der Waals surface area contributed by atoms with Gasteiger partial charge in [0.15, 0.2) is 0 Å². The maximum Gasteiger partial charge on any atom is 0.323 e. The molecule has 10 rings (SSSR count). The number of esters is 2. The zero-order valence-corrected chi connectivity index (χ0v) is 47.7. The summed E-state index contributed by atoms with van der Waals surface area (Å²) in [5.74, 6) is 0.664. The summed E-state index contributed by atoms with van der Waals surface area (Å²) in [6, 6.07) is 67.8. The molecule has 0 spiro atoms. The minimum absolute atomic E-state index is 0.0414. The van der Waals surface area contributed by atoms with Gasteiger partial charge in [-0.1, -0.05) is 210 Å². The van der Waals surface area contributed by atoms with E-state index in [4.69, 9.17) is 9.47 Å². The predicted octanol–water partition coefficient (Wildman–Crippen LogP) is 12.5. The van der Waals surface area contributed by atoms with Crippen molar-refractivity contribution in [2.24, 2.45) is 11.8 Å². The summed E-state index contributed by atoms with van der Waals surface area (Å²) in [6.45, 7) is 10.4. The molecular weight excluding hydrogens is 1050 g/mol. The van der Waals surface area contributed by atoms with Crippen molar-refractivity contribution in [2.75, 3.05) is 14.2 Å². The first-order valence-corrected chi connectivity index (χ1v) is 27.6. The Morgan fingerprint density at radius 3 is 0.952 bits per heavy atom. The number of carbonyl (C=O) groups excluding carboxylic acids is 2. The highest BCUT2D eigenvalue weighted by Gasteiger charge is 2.32. The molecule has 2 atom stereocenters. The van der Waals surface area contributed by atoms with Gasteiger partial charge in [-0.2, -0.15) is 21.0 Å². The molecule has 0 aliphatic heterocycles. The Balaban J connectivity index is 0.000000204. The third-order valence-electron chi connectivity index (χ3n) is 14.7. The van der Waals surface area contributed by atoms with Gasteiger partial charge in [-0.3, -0.25) is 19.4 Å². The van der Waals surface area contributed by atoms with E-state index in [0.29, 0.717) is 49.0 Å². The van der Waals surface area contributed by atoms with Crippen LogP contribution in [0.2, 0.25) is 0 Å². The molecule has 10 aromatic rings. The topological polar surface area (TPSA) is 216 Å². The van der Waals surface area contributed by atoms with Crippen LogP contribution in [0.25, 0.3) is 67.3 Å². The van der Waals surface area contributed by atoms with Gasteiger partial charge in [0, 0.05) is 37.3 Å². The zero-order chi connectivity index (χ0) is 59.0. The van der Waals surface area contributed by atoms with Crippen molar-refractivity contribution in [1.29, 1.82) is 10.5 Å². The Hall–Kier alpha value is -10.3. The van der Waals surface area contributed by atoms with Crippen molar-refractivity contribution in [2.45, 2.75) is 66.0 Å². The average molecular weight is 1110 g/mol. The molecule has 84 heavy (non-hydrogen) atoms. The van der Waals surface area contributed by atoms with Gasteiger partial charge in [-0.15, -0.1) is 20.4 Å². The third-order valence-corrected chi connectivity index (χ3v) is 14.7. The standard InChI is InChI=1S/C34H33N9O2.C34H31N3O2/c1-22(2)31(34(44)45-3)43(20-23-12-16-25(17-13-23)27-8-4-6-10-29(27)32-35-39-40-36-32)21-24-14-18-26(19-15-24)28-9-5-7-11-30(28)33-37-41-42-38-33;1-24(2)33(34(38)39-3)37(22-25-12-16-27(17-13-25)31-10-6-4-8-29(31)20-35)23-26-14-18-28(19-15-26)32-11-7-5-9-30(32)21-36/h4-19,22,31H,20-21H2,1-3H3,(H,35,36,39,40)(H,37,38,41,42);4-19,24,33H,22-23H2,1-3H3/t31-;33-/m00/s1. The van der Waals surface area contributed by atoms with E-state index in [1.165, 1.54) is 14.2 Å². The lowest BCUT2D eigenvalue weighted by atomic mass is 9.96. The number of hydrogen-bond acceptors (Lipinski definition) is 14. The number of methoxy groups -OCH3 is 2. The second-order valence-electron chi connectivity index (χ2n) is 20.9. The first kappa shape index (κ1) is 58.4. The zero-order valence-electron chi connectivity index (χ0n) is 47.7. The molecule has 2 aromatic heterocycles. The molecule has 0 fully saturated rings. The number of ether oxygens (including phenoxy) is 2. The number of aromatic amines is 2. The molecule has 16 nitrogen and oxygen atoms in total. The minimum atomic E-state index is -0.424. The molecule has 0 saturated carbocycles. The maximum absolute atomic E-state index is 13.1. The van der Waals surface area contributed by atoms with Crippen LogP contribution in [-0.2, 0) is 45.2 Å². The number of aromatic nitrogens is 8. The molecule has 0 aliphatic rings. The SMILES string of the molecule is COC(=O)[C@H](C(C)C)N(Cc1ccc(-c2ccccc2-c2nn[nH]n2)cc1)Cc1ccc(-c2ccccc2-c2nn[nH]n2)cc1.COC(=O)[C@H](C(C)C)N(Cc1ccc(-c2ccccc2C#N)cc1)Cc1ccc(-c2ccccc2C#N)cc1. The van der Waals surface area contributed by atoms with Crippen LogP contribution in [0.3, 0.4) is 0 Å². The smallest absolute Gasteiger partial charge is 0.323 e. The summed E-state index contributed by atoms with van der Waals surface area (Å²) in [5, 5.41) is 48.1. The fraction of sp³-hybridized carbons (Fsp3) is 0.206. The number of tetrazole rings is 2. The van der Waals surface area contributed by atoms with Gasteiger partial charge in [-0.25, -0.2) is 0 Å². The molecule has 0 aliphatic carbocycles. The Morgan fingerprint density at radius 2 is 0.690 bits per heavy atom. The summed E-state index contributed by atoms with van der Waals surface area (Å²) < 4.78 is 10.5. The Morgan fingerprint density at radius 1 is 0.417 bits per heavy atom. The second-order valence-corrected chi connectivity index (χ2v) is 20.9. The van der Waals surface area contributed by atoms with Crippen LogP contribution in [0.4, 0.5) is 0 Å². The van der Waals surface area contributed by atoms with Crippen molar-refractivity contribution >= 4 is 11.9 Å². The Kier molecular flexibility index (Phi) is 19.4. The van der Waals surface area contributed by atoms with E-state index in [9.17, 15) is 20.1 Å². The largest absolute Gasteiger partial charge is 0.468 e. The third kappa shape index (κ3) is 14.1. The van der Waals surface area contributed by atoms with E-state index in [0.717, 1.165) is 77.9 Å². The molecule has 2 N–H and O–H groups in total. The summed E-state index contributed by atoms with van der Waals surface area (Å²) >= 11 is 0. The fourth-order valence-electron chi connectivity index (χ4n) is 10.6. The summed E-state index contributed by atoms with van der Waals surface area (Å²) in [7, 11) is 2.88. The molecule has 0 saturated heterocycles. The van der Waals surface area contributed by atoms with Gasteiger partial charge >= 0.3 is 11.9 Å². The molecule has 420 valence electrons. The van der Waals surface area contributed by atoms with Crippen LogP contribution in [-0.4, -0.2) is 89.3 Å². The average Bonchev–Trinajstić information content (AvgIpc) is 4.41. The van der Waals surface area contributed by atoms with Crippen LogP contribution in [0.5, 0.6) is 0 Å². The summed E-state index contributed by atoms with van der Waals surface area (Å²) in [4.78, 5) is 30.2. The summed E-state index contributed by atoms with van der Waals surface area (Å²) in [6.07, 6.45) is 0. The fourth-order valence-corrected chi connectivity index (χ4v) is 10.6. The van der Waals surface area contributed by atoms with Gasteiger partial charge in [-0.05, 0) is 101 Å². The van der Waals surface area contributed by atoms with Crippen LogP contribution >= 0.6 is 0 Å². The second kappa shape index (κ2) is 27.9. The molecular formula is C68H64N12O4. The van der Waals surface area contributed by atoms with Crippen molar-refractivity contribution in [3.63, 3.8) is 0 Å². The highest BCUT2D eigenvalue weighted by atomic mass is 16.5. The van der Waals surface area contributed by atoms with Gasteiger partial charge in [0.1, 0.15) is 12.1 Å². The highest BCUT2D eigenvalue weighted by Crippen LogP contribution is 2.33. The first-order chi connectivity index (χ1) is 41.0. The van der Waals surface area contributed by atoms with E-state index in [2.05, 4.69) is 112 Å². The molecule has 0 bridgehead atoms. The number of nitrogens with zero attached hydrogens (tertiary/aromatic N) is 10. The molecule has 0 amide bonds. The number of hydrogen-bond donors (Lipinski definition) is 2. The molecule has 8 aromatic carbocycles. The number of carbonyl (C=O) groups is 2. The van der Waals surface area contributed by atoms with Crippen molar-refractivity contribution in [3.8, 4) is 79.4 Å². The number of nitriles is 2. The van der Waals surface area contributed by atoms with Crippen molar-refractivity contribution in [1.82, 2.24) is 51.0 Å². The van der Waals surface area contributed by atoms with E-state index in [1.807, 2.05) is 173 Å². The maximum atomic E-state index is 13.1. The molecule has 0 radical (unpaired) electrons. The monoisotopic (exact) mass is 1110 g/mol. The number of nitrogens with one attached hydrogen (secondary N) is 2. The minimum Gasteiger partial charge on any atom is -0.468 e. The predicted molar refractivity (Wildman–Crippen MR) is 323 cm³/mol. The lowest BCUT2D eigenvalue weighted by Gasteiger charge is -2.32. The van der Waals surface area contributed by atoms with Crippen molar-refractivity contribution < 1.29 is 19.1 Å².